The summed E-state index contributed by atoms with van der Waals surface area (Å²) < 4.78 is 5.82. The van der Waals surface area contributed by atoms with E-state index in [0.29, 0.717) is 0 Å². The van der Waals surface area contributed by atoms with Crippen LogP contribution < -0.4 is 5.69 Å². The van der Waals surface area contributed by atoms with Crippen LogP contribution in [-0.2, 0) is 16.1 Å². The molecule has 17 heavy (non-hydrogen) atoms. The highest BCUT2D eigenvalue weighted by molar-refractivity contribution is 6.30. The smallest absolute Gasteiger partial charge is 0.347 e. The van der Waals surface area contributed by atoms with Crippen LogP contribution in [0.15, 0.2) is 17.2 Å². The summed E-state index contributed by atoms with van der Waals surface area (Å²) in [6.07, 6.45) is 1.39. The summed E-state index contributed by atoms with van der Waals surface area (Å²) in [5.41, 5.74) is -0.530. The maximum Gasteiger partial charge on any atom is 0.347 e. The van der Waals surface area contributed by atoms with Crippen LogP contribution in [0.25, 0.3) is 0 Å². The first-order valence-electron chi connectivity index (χ1n) is 5.08. The van der Waals surface area contributed by atoms with Crippen molar-refractivity contribution in [2.75, 3.05) is 6.61 Å². The van der Waals surface area contributed by atoms with Crippen molar-refractivity contribution in [3.8, 4) is 0 Å². The fourth-order valence-corrected chi connectivity index (χ4v) is 1.43. The summed E-state index contributed by atoms with van der Waals surface area (Å²) in [6, 6.07) is 0. The molecule has 1 rings (SSSR count). The van der Waals surface area contributed by atoms with Gasteiger partial charge in [0.25, 0.3) is 0 Å². The number of carbonyl (C=O) groups is 1. The summed E-state index contributed by atoms with van der Waals surface area (Å²) in [4.78, 5) is 25.9. The lowest BCUT2D eigenvalue weighted by molar-refractivity contribution is -0.145. The van der Waals surface area contributed by atoms with Crippen LogP contribution in [0.3, 0.4) is 0 Å². The molecule has 94 valence electrons. The molecule has 1 aromatic heterocycles. The molecule has 1 atom stereocenters. The summed E-state index contributed by atoms with van der Waals surface area (Å²) in [7, 11) is 0. The average Bonchev–Trinajstić information content (AvgIpc) is 2.23. The summed E-state index contributed by atoms with van der Waals surface area (Å²) in [5.74, 6) is -0.511. The highest BCUT2D eigenvalue weighted by Crippen LogP contribution is 2.03. The Hall–Kier alpha value is -1.40. The first-order chi connectivity index (χ1) is 8.02. The molecular formula is C10H13ClN2O4. The van der Waals surface area contributed by atoms with Crippen LogP contribution in [0, 0.1) is 0 Å². The van der Waals surface area contributed by atoms with E-state index in [0.717, 1.165) is 4.57 Å². The fourth-order valence-electron chi connectivity index (χ4n) is 1.26. The number of aromatic nitrogens is 2. The van der Waals surface area contributed by atoms with E-state index in [2.05, 4.69) is 9.72 Å². The highest BCUT2D eigenvalue weighted by atomic mass is 35.5. The molecule has 7 heteroatoms. The normalized spacial score (nSPS) is 12.2. The molecule has 0 saturated carbocycles. The van der Waals surface area contributed by atoms with Crippen molar-refractivity contribution in [1.29, 1.82) is 0 Å². The highest BCUT2D eigenvalue weighted by Gasteiger charge is 2.13. The number of aliphatic hydroxyl groups excluding tert-OH is 1. The van der Waals surface area contributed by atoms with E-state index in [4.69, 9.17) is 11.6 Å². The maximum absolute atomic E-state index is 11.3. The van der Waals surface area contributed by atoms with E-state index >= 15 is 0 Å². The standard InChI is InChI=1S/C10H13ClN2O4/c1-2-17-9(15)3-8(14)6-13-5-7(11)4-12-10(13)16/h4-5,8,14H,2-3,6H2,1H3. The van der Waals surface area contributed by atoms with Crippen molar-refractivity contribution >= 4 is 17.6 Å². The van der Waals surface area contributed by atoms with Gasteiger partial charge in [-0.05, 0) is 6.92 Å². The molecule has 0 fully saturated rings. The van der Waals surface area contributed by atoms with Gasteiger partial charge in [-0.1, -0.05) is 11.6 Å². The van der Waals surface area contributed by atoms with E-state index in [1.807, 2.05) is 0 Å². The molecule has 0 aliphatic rings. The molecule has 1 heterocycles. The van der Waals surface area contributed by atoms with Gasteiger partial charge < -0.3 is 9.84 Å². The first-order valence-corrected chi connectivity index (χ1v) is 5.46. The van der Waals surface area contributed by atoms with Gasteiger partial charge in [-0.15, -0.1) is 0 Å². The van der Waals surface area contributed by atoms with Crippen LogP contribution in [0.2, 0.25) is 5.02 Å². The molecule has 0 aliphatic heterocycles. The van der Waals surface area contributed by atoms with Crippen LogP contribution in [0.1, 0.15) is 13.3 Å². The van der Waals surface area contributed by atoms with Crippen molar-refractivity contribution in [3.63, 3.8) is 0 Å². The Balaban J connectivity index is 2.61. The number of carbonyl (C=O) groups excluding carboxylic acids is 1. The quantitative estimate of drug-likeness (QED) is 0.766. The second kappa shape index (κ2) is 6.36. The third kappa shape index (κ3) is 4.54. The Kier molecular flexibility index (Phi) is 5.11. The Bertz CT molecular complexity index is 446. The van der Waals surface area contributed by atoms with Gasteiger partial charge >= 0.3 is 11.7 Å². The lowest BCUT2D eigenvalue weighted by Gasteiger charge is -2.11. The molecule has 1 N–H and O–H groups in total. The number of rotatable bonds is 5. The maximum atomic E-state index is 11.3. The van der Waals surface area contributed by atoms with Gasteiger partial charge in [0.15, 0.2) is 0 Å². The van der Waals surface area contributed by atoms with Crippen LogP contribution >= 0.6 is 11.6 Å². The number of hydrogen-bond acceptors (Lipinski definition) is 5. The Morgan fingerprint density at radius 3 is 3.06 bits per heavy atom. The van der Waals surface area contributed by atoms with Gasteiger partial charge in [-0.2, -0.15) is 0 Å². The predicted molar refractivity (Wildman–Crippen MR) is 60.8 cm³/mol. The van der Waals surface area contributed by atoms with Gasteiger partial charge in [-0.25, -0.2) is 9.78 Å². The van der Waals surface area contributed by atoms with Crippen LogP contribution in [-0.4, -0.2) is 33.3 Å². The first kappa shape index (κ1) is 13.7. The second-order valence-electron chi connectivity index (χ2n) is 3.37. The van der Waals surface area contributed by atoms with E-state index in [-0.39, 0.29) is 24.6 Å². The molecule has 0 amide bonds. The van der Waals surface area contributed by atoms with Crippen molar-refractivity contribution in [3.05, 3.63) is 27.9 Å². The minimum absolute atomic E-state index is 0.0504. The van der Waals surface area contributed by atoms with Crippen molar-refractivity contribution in [2.45, 2.75) is 26.0 Å². The predicted octanol–water partition coefficient (Wildman–Crippen LogP) is 0.211. The summed E-state index contributed by atoms with van der Waals surface area (Å²) in [5, 5.41) is 9.87. The number of ether oxygens (including phenoxy) is 1. The van der Waals surface area contributed by atoms with E-state index < -0.39 is 17.8 Å². The number of esters is 1. The second-order valence-corrected chi connectivity index (χ2v) is 3.81. The van der Waals surface area contributed by atoms with Gasteiger partial charge in [0, 0.05) is 6.20 Å². The number of hydrogen-bond donors (Lipinski definition) is 1. The third-order valence-corrected chi connectivity index (χ3v) is 2.13. The molecule has 0 radical (unpaired) electrons. The number of nitrogens with zero attached hydrogens (tertiary/aromatic N) is 2. The van der Waals surface area contributed by atoms with Crippen LogP contribution in [0.5, 0.6) is 0 Å². The van der Waals surface area contributed by atoms with E-state index in [9.17, 15) is 14.7 Å². The van der Waals surface area contributed by atoms with Gasteiger partial charge in [0.1, 0.15) is 0 Å². The summed E-state index contributed by atoms with van der Waals surface area (Å²) in [6.45, 7) is 1.88. The minimum atomic E-state index is -1.01. The molecule has 1 aromatic rings. The van der Waals surface area contributed by atoms with Crippen molar-refractivity contribution in [1.82, 2.24) is 9.55 Å². The van der Waals surface area contributed by atoms with Gasteiger partial charge in [-0.3, -0.25) is 9.36 Å². The molecule has 0 aromatic carbocycles. The molecular weight excluding hydrogens is 248 g/mol. The van der Waals surface area contributed by atoms with Crippen LogP contribution in [0.4, 0.5) is 0 Å². The monoisotopic (exact) mass is 260 g/mol. The molecule has 0 spiro atoms. The zero-order valence-electron chi connectivity index (χ0n) is 9.30. The summed E-state index contributed by atoms with van der Waals surface area (Å²) >= 11 is 5.66. The van der Waals surface area contributed by atoms with E-state index in [1.54, 1.807) is 6.92 Å². The molecule has 0 aliphatic carbocycles. The zero-order chi connectivity index (χ0) is 12.8. The minimum Gasteiger partial charge on any atom is -0.466 e. The Morgan fingerprint density at radius 2 is 2.41 bits per heavy atom. The largest absolute Gasteiger partial charge is 0.466 e. The topological polar surface area (TPSA) is 81.4 Å². The molecule has 0 bridgehead atoms. The van der Waals surface area contributed by atoms with E-state index in [1.165, 1.54) is 12.4 Å². The fraction of sp³-hybridized carbons (Fsp3) is 0.500. The SMILES string of the molecule is CCOC(=O)CC(O)Cn1cc(Cl)cnc1=O. The molecule has 1 unspecified atom stereocenters. The van der Waals surface area contributed by atoms with Gasteiger partial charge in [0.05, 0.1) is 36.9 Å². The number of halogens is 1. The van der Waals surface area contributed by atoms with Crippen molar-refractivity contribution in [2.24, 2.45) is 0 Å². The molecule has 0 saturated heterocycles. The molecule has 6 nitrogen and oxygen atoms in total. The third-order valence-electron chi connectivity index (χ3n) is 1.94. The van der Waals surface area contributed by atoms with Gasteiger partial charge in [0.2, 0.25) is 0 Å². The average molecular weight is 261 g/mol. The van der Waals surface area contributed by atoms with Crippen molar-refractivity contribution < 1.29 is 14.6 Å². The Morgan fingerprint density at radius 1 is 1.71 bits per heavy atom. The lowest BCUT2D eigenvalue weighted by atomic mass is 10.2. The zero-order valence-corrected chi connectivity index (χ0v) is 10.1. The Labute approximate surface area is 103 Å². The number of aliphatic hydroxyl groups is 1. The lowest BCUT2D eigenvalue weighted by Crippen LogP contribution is -2.29.